The van der Waals surface area contributed by atoms with E-state index in [9.17, 15) is 23.2 Å². The van der Waals surface area contributed by atoms with Crippen molar-refractivity contribution in [2.75, 3.05) is 6.61 Å². The highest BCUT2D eigenvalue weighted by Crippen LogP contribution is 2.44. The zero-order valence-electron chi connectivity index (χ0n) is 19.9. The topological polar surface area (TPSA) is 105 Å². The summed E-state index contributed by atoms with van der Waals surface area (Å²) in [5.74, 6) is -2.13. The Kier molecular flexibility index (Phi) is 8.09. The van der Waals surface area contributed by atoms with Crippen molar-refractivity contribution in [3.8, 4) is 11.1 Å². The number of carboxylic acid groups (broad SMARTS) is 1. The quantitative estimate of drug-likeness (QED) is 0.480. The van der Waals surface area contributed by atoms with Gasteiger partial charge >= 0.3 is 12.1 Å². The number of aliphatic carboxylic acids is 1. The molecule has 9 heteroatoms. The molecule has 2 aromatic rings. The summed E-state index contributed by atoms with van der Waals surface area (Å²) in [6.45, 7) is 5.16. The zero-order valence-corrected chi connectivity index (χ0v) is 19.9. The molecule has 3 N–H and O–H groups in total. The standard InChI is InChI=1S/C26H30F2N2O5/c1-26(2,3)21(13-23(32)33)30-22(31)12-20(24(27)28)29-25(34)35-14-19-17-10-6-4-8-15(17)16-9-5-7-11-18(16)19/h4-11,19-21,24H,12-14H2,1-3H3,(H,29,34)(H,30,31)(H,32,33). The molecule has 0 heterocycles. The molecule has 7 nitrogen and oxygen atoms in total. The number of halogens is 2. The van der Waals surface area contributed by atoms with Crippen LogP contribution in [0, 0.1) is 5.41 Å². The van der Waals surface area contributed by atoms with E-state index in [4.69, 9.17) is 9.84 Å². The Labute approximate surface area is 202 Å². The van der Waals surface area contributed by atoms with Crippen molar-refractivity contribution in [1.82, 2.24) is 10.6 Å². The van der Waals surface area contributed by atoms with E-state index in [2.05, 4.69) is 10.6 Å². The maximum Gasteiger partial charge on any atom is 0.407 e. The molecule has 2 unspecified atom stereocenters. The lowest BCUT2D eigenvalue weighted by Gasteiger charge is -2.31. The van der Waals surface area contributed by atoms with Gasteiger partial charge in [0.25, 0.3) is 6.43 Å². The predicted molar refractivity (Wildman–Crippen MR) is 126 cm³/mol. The van der Waals surface area contributed by atoms with E-state index in [1.54, 1.807) is 20.8 Å². The molecule has 2 aromatic carbocycles. The van der Waals surface area contributed by atoms with Crippen LogP contribution in [-0.2, 0) is 14.3 Å². The number of benzene rings is 2. The number of nitrogens with one attached hydrogen (secondary N) is 2. The van der Waals surface area contributed by atoms with Gasteiger partial charge in [-0.3, -0.25) is 9.59 Å². The van der Waals surface area contributed by atoms with Gasteiger partial charge in [-0.1, -0.05) is 69.3 Å². The third-order valence-corrected chi connectivity index (χ3v) is 6.12. The van der Waals surface area contributed by atoms with Crippen LogP contribution in [0.1, 0.15) is 50.7 Å². The van der Waals surface area contributed by atoms with Crippen LogP contribution in [-0.4, -0.2) is 48.2 Å². The molecule has 2 atom stereocenters. The molecule has 0 radical (unpaired) electrons. The molecule has 35 heavy (non-hydrogen) atoms. The molecule has 0 spiro atoms. The van der Waals surface area contributed by atoms with Crippen LogP contribution in [0.5, 0.6) is 0 Å². The summed E-state index contributed by atoms with van der Waals surface area (Å²) in [6, 6.07) is 12.9. The minimum Gasteiger partial charge on any atom is -0.481 e. The normalized spacial score (nSPS) is 14.6. The maximum absolute atomic E-state index is 13.6. The number of rotatable bonds is 9. The fourth-order valence-corrected chi connectivity index (χ4v) is 4.20. The molecule has 188 valence electrons. The molecule has 0 saturated heterocycles. The van der Waals surface area contributed by atoms with Crippen LogP contribution in [0.15, 0.2) is 48.5 Å². The third-order valence-electron chi connectivity index (χ3n) is 6.12. The van der Waals surface area contributed by atoms with E-state index in [1.807, 2.05) is 48.5 Å². The van der Waals surface area contributed by atoms with Gasteiger partial charge in [-0.2, -0.15) is 0 Å². The summed E-state index contributed by atoms with van der Waals surface area (Å²) < 4.78 is 32.5. The SMILES string of the molecule is CC(C)(C)C(CC(=O)O)NC(=O)CC(NC(=O)OCC1c2ccccc2-c2ccccc21)C(F)F. The monoisotopic (exact) mass is 488 g/mol. The highest BCUT2D eigenvalue weighted by molar-refractivity contribution is 5.80. The van der Waals surface area contributed by atoms with E-state index in [0.717, 1.165) is 22.3 Å². The highest BCUT2D eigenvalue weighted by Gasteiger charge is 2.33. The number of alkyl carbamates (subject to hydrolysis) is 1. The number of carbonyl (C=O) groups is 3. The Hall–Kier alpha value is -3.49. The van der Waals surface area contributed by atoms with Gasteiger partial charge in [0.2, 0.25) is 5.91 Å². The molecular weight excluding hydrogens is 458 g/mol. The smallest absolute Gasteiger partial charge is 0.407 e. The molecule has 3 rings (SSSR count). The lowest BCUT2D eigenvalue weighted by atomic mass is 9.84. The van der Waals surface area contributed by atoms with Crippen LogP contribution in [0.2, 0.25) is 0 Å². The fraction of sp³-hybridized carbons (Fsp3) is 0.423. The van der Waals surface area contributed by atoms with E-state index < -0.39 is 48.3 Å². The predicted octanol–water partition coefficient (Wildman–Crippen LogP) is 4.55. The van der Waals surface area contributed by atoms with Crippen LogP contribution < -0.4 is 10.6 Å². The van der Waals surface area contributed by atoms with Crippen LogP contribution >= 0.6 is 0 Å². The van der Waals surface area contributed by atoms with E-state index in [1.165, 1.54) is 0 Å². The van der Waals surface area contributed by atoms with Gasteiger partial charge in [0.15, 0.2) is 0 Å². The zero-order chi connectivity index (χ0) is 25.8. The number of amides is 2. The van der Waals surface area contributed by atoms with Crippen molar-refractivity contribution >= 4 is 18.0 Å². The third kappa shape index (κ3) is 6.55. The summed E-state index contributed by atoms with van der Waals surface area (Å²) in [6.07, 6.45) is -5.14. The summed E-state index contributed by atoms with van der Waals surface area (Å²) in [4.78, 5) is 35.9. The summed E-state index contributed by atoms with van der Waals surface area (Å²) in [7, 11) is 0. The number of carbonyl (C=O) groups excluding carboxylic acids is 2. The van der Waals surface area contributed by atoms with Gasteiger partial charge < -0.3 is 20.5 Å². The van der Waals surface area contributed by atoms with E-state index >= 15 is 0 Å². The van der Waals surface area contributed by atoms with Gasteiger partial charge in [-0.15, -0.1) is 0 Å². The molecule has 0 aliphatic heterocycles. The van der Waals surface area contributed by atoms with Crippen molar-refractivity contribution < 1.29 is 33.0 Å². The second-order valence-electron chi connectivity index (χ2n) is 9.70. The minimum absolute atomic E-state index is 0.0489. The first kappa shape index (κ1) is 26.1. The van der Waals surface area contributed by atoms with Crippen LogP contribution in [0.25, 0.3) is 11.1 Å². The fourth-order valence-electron chi connectivity index (χ4n) is 4.20. The van der Waals surface area contributed by atoms with Crippen LogP contribution in [0.3, 0.4) is 0 Å². The van der Waals surface area contributed by atoms with Gasteiger partial charge in [0.1, 0.15) is 12.6 Å². The molecule has 0 fully saturated rings. The number of ether oxygens (including phenoxy) is 1. The largest absolute Gasteiger partial charge is 0.481 e. The van der Waals surface area contributed by atoms with Crippen LogP contribution in [0.4, 0.5) is 13.6 Å². The van der Waals surface area contributed by atoms with E-state index in [-0.39, 0.29) is 18.9 Å². The number of alkyl halides is 2. The second-order valence-corrected chi connectivity index (χ2v) is 9.70. The Bertz CT molecular complexity index is 1040. The Morgan fingerprint density at radius 2 is 1.49 bits per heavy atom. The number of carboxylic acids is 1. The lowest BCUT2D eigenvalue weighted by molar-refractivity contribution is -0.138. The highest BCUT2D eigenvalue weighted by atomic mass is 19.3. The number of fused-ring (bicyclic) bond motifs is 3. The Morgan fingerprint density at radius 1 is 0.943 bits per heavy atom. The Morgan fingerprint density at radius 3 is 1.97 bits per heavy atom. The Balaban J connectivity index is 1.61. The van der Waals surface area contributed by atoms with Gasteiger partial charge in [0.05, 0.1) is 12.8 Å². The molecule has 0 aromatic heterocycles. The molecule has 2 amide bonds. The van der Waals surface area contributed by atoms with Crippen molar-refractivity contribution in [3.63, 3.8) is 0 Å². The van der Waals surface area contributed by atoms with Gasteiger partial charge in [-0.25, -0.2) is 13.6 Å². The van der Waals surface area contributed by atoms with Crippen molar-refractivity contribution in [2.45, 2.75) is 58.0 Å². The first-order valence-corrected chi connectivity index (χ1v) is 11.4. The number of hydrogen-bond donors (Lipinski definition) is 3. The van der Waals surface area contributed by atoms with Gasteiger partial charge in [-0.05, 0) is 27.7 Å². The number of hydrogen-bond acceptors (Lipinski definition) is 4. The minimum atomic E-state index is -3.02. The first-order valence-electron chi connectivity index (χ1n) is 11.4. The summed E-state index contributed by atoms with van der Waals surface area (Å²) >= 11 is 0. The average molecular weight is 489 g/mol. The van der Waals surface area contributed by atoms with Crippen molar-refractivity contribution in [1.29, 1.82) is 0 Å². The summed E-state index contributed by atoms with van der Waals surface area (Å²) in [5, 5.41) is 13.7. The summed E-state index contributed by atoms with van der Waals surface area (Å²) in [5.41, 5.74) is 3.44. The second kappa shape index (κ2) is 10.8. The molecule has 1 aliphatic carbocycles. The molecular formula is C26H30F2N2O5. The maximum atomic E-state index is 13.6. The first-order chi connectivity index (χ1) is 16.5. The molecule has 0 saturated carbocycles. The molecule has 0 bridgehead atoms. The van der Waals surface area contributed by atoms with Crippen molar-refractivity contribution in [3.05, 3.63) is 59.7 Å². The lowest BCUT2D eigenvalue weighted by Crippen LogP contribution is -2.49. The van der Waals surface area contributed by atoms with Crippen molar-refractivity contribution in [2.24, 2.45) is 5.41 Å². The average Bonchev–Trinajstić information content (AvgIpc) is 3.09. The van der Waals surface area contributed by atoms with Gasteiger partial charge in [0, 0.05) is 12.0 Å². The van der Waals surface area contributed by atoms with E-state index in [0.29, 0.717) is 0 Å². The molecule has 1 aliphatic rings.